The maximum Gasteiger partial charge on any atom is 0.312 e. The molecule has 0 unspecified atom stereocenters. The Kier molecular flexibility index (Phi) is 3.22. The highest BCUT2D eigenvalue weighted by molar-refractivity contribution is 5.85. The van der Waals surface area contributed by atoms with Crippen molar-refractivity contribution in [3.63, 3.8) is 0 Å². The Bertz CT molecular complexity index is 1270. The molecule has 0 fully saturated rings. The number of carbonyl (C=O) groups excluding carboxylic acids is 1. The van der Waals surface area contributed by atoms with Gasteiger partial charge >= 0.3 is 5.97 Å². The molecule has 0 saturated heterocycles. The second-order valence-electron chi connectivity index (χ2n) is 7.32. The first-order valence-corrected chi connectivity index (χ1v) is 9.02. The Morgan fingerprint density at radius 1 is 1.11 bits per heavy atom. The van der Waals surface area contributed by atoms with Gasteiger partial charge in [-0.2, -0.15) is 0 Å². The van der Waals surface area contributed by atoms with E-state index < -0.39 is 11.9 Å². The van der Waals surface area contributed by atoms with E-state index >= 15 is 0 Å². The Hall–Kier alpha value is -3.15. The average Bonchev–Trinajstić information content (AvgIpc) is 3.08. The number of esters is 1. The first-order valence-electron chi connectivity index (χ1n) is 9.02. The molecule has 2 aliphatic heterocycles. The summed E-state index contributed by atoms with van der Waals surface area (Å²) in [5.41, 5.74) is 3.35. The van der Waals surface area contributed by atoms with E-state index in [2.05, 4.69) is 0 Å². The van der Waals surface area contributed by atoms with Gasteiger partial charge in [0.25, 0.3) is 11.1 Å². The lowest BCUT2D eigenvalue weighted by molar-refractivity contribution is -0.135. The van der Waals surface area contributed by atoms with E-state index in [1.54, 1.807) is 24.6 Å². The van der Waals surface area contributed by atoms with Crippen LogP contribution in [0.15, 0.2) is 39.9 Å². The monoisotopic (exact) mass is 362 g/mol. The van der Waals surface area contributed by atoms with Crippen molar-refractivity contribution < 1.29 is 9.53 Å². The highest BCUT2D eigenvalue weighted by Crippen LogP contribution is 2.37. The van der Waals surface area contributed by atoms with Gasteiger partial charge in [0.05, 0.1) is 17.5 Å². The van der Waals surface area contributed by atoms with Gasteiger partial charge in [0.1, 0.15) is 5.75 Å². The summed E-state index contributed by atoms with van der Waals surface area (Å²) in [4.78, 5) is 38.4. The number of benzene rings is 1. The molecular formula is C21H18N2O4. The average molecular weight is 362 g/mol. The molecule has 0 aliphatic carbocycles. The number of aromatic nitrogens is 2. The van der Waals surface area contributed by atoms with E-state index in [4.69, 9.17) is 4.74 Å². The predicted molar refractivity (Wildman–Crippen MR) is 100 cm³/mol. The zero-order chi connectivity index (χ0) is 18.9. The summed E-state index contributed by atoms with van der Waals surface area (Å²) in [5, 5.41) is 0.962. The van der Waals surface area contributed by atoms with Crippen LogP contribution in [0, 0.1) is 6.92 Å². The van der Waals surface area contributed by atoms with Gasteiger partial charge in [-0.25, -0.2) is 0 Å². The van der Waals surface area contributed by atoms with Crippen LogP contribution in [0.4, 0.5) is 0 Å². The van der Waals surface area contributed by atoms with Gasteiger partial charge in [-0.15, -0.1) is 0 Å². The van der Waals surface area contributed by atoms with Crippen molar-refractivity contribution in [2.24, 2.45) is 7.05 Å². The summed E-state index contributed by atoms with van der Waals surface area (Å²) >= 11 is 0. The van der Waals surface area contributed by atoms with Crippen LogP contribution in [0.1, 0.15) is 34.7 Å². The van der Waals surface area contributed by atoms with Crippen LogP contribution in [0.25, 0.3) is 10.9 Å². The zero-order valence-corrected chi connectivity index (χ0v) is 15.1. The topological polar surface area (TPSA) is 70.3 Å². The van der Waals surface area contributed by atoms with Crippen molar-refractivity contribution >= 4 is 16.9 Å². The first-order chi connectivity index (χ1) is 13.0. The summed E-state index contributed by atoms with van der Waals surface area (Å²) in [5.74, 6) is -0.744. The molecule has 5 rings (SSSR count). The Morgan fingerprint density at radius 3 is 2.74 bits per heavy atom. The van der Waals surface area contributed by atoms with Gasteiger partial charge in [0.2, 0.25) is 0 Å². The molecule has 3 aromatic rings. The fraction of sp³-hybridized carbons (Fsp3) is 0.286. The van der Waals surface area contributed by atoms with Crippen molar-refractivity contribution in [2.45, 2.75) is 32.2 Å². The number of para-hydroxylation sites is 1. The second kappa shape index (κ2) is 5.42. The molecule has 27 heavy (non-hydrogen) atoms. The van der Waals surface area contributed by atoms with E-state index in [1.807, 2.05) is 24.3 Å². The third kappa shape index (κ3) is 2.16. The molecule has 1 aromatic carbocycles. The molecule has 6 heteroatoms. The predicted octanol–water partition coefficient (Wildman–Crippen LogP) is 2.01. The van der Waals surface area contributed by atoms with Crippen LogP contribution in [0.3, 0.4) is 0 Å². The lowest BCUT2D eigenvalue weighted by Gasteiger charge is -2.25. The number of ether oxygens (including phenoxy) is 1. The van der Waals surface area contributed by atoms with Crippen LogP contribution in [-0.4, -0.2) is 15.1 Å². The molecule has 6 nitrogen and oxygen atoms in total. The minimum absolute atomic E-state index is 0.00820. The highest BCUT2D eigenvalue weighted by Gasteiger charge is 2.34. The summed E-state index contributed by atoms with van der Waals surface area (Å²) < 4.78 is 8.64. The number of aryl methyl sites for hydroxylation is 3. The van der Waals surface area contributed by atoms with Crippen LogP contribution >= 0.6 is 0 Å². The normalized spacial score (nSPS) is 17.9. The van der Waals surface area contributed by atoms with Crippen LogP contribution in [0.5, 0.6) is 5.75 Å². The number of hydrogen-bond acceptors (Lipinski definition) is 4. The number of pyridine rings is 2. The smallest absolute Gasteiger partial charge is 0.312 e. The molecule has 4 heterocycles. The van der Waals surface area contributed by atoms with E-state index in [1.165, 1.54) is 4.57 Å². The molecule has 0 amide bonds. The Labute approximate surface area is 154 Å². The van der Waals surface area contributed by atoms with Gasteiger partial charge in [-0.1, -0.05) is 18.2 Å². The largest absolute Gasteiger partial charge is 0.426 e. The third-order valence-electron chi connectivity index (χ3n) is 5.82. The number of fused-ring (bicyclic) bond motifs is 1. The lowest BCUT2D eigenvalue weighted by atomic mass is 9.87. The van der Waals surface area contributed by atoms with Crippen molar-refractivity contribution in [2.75, 3.05) is 0 Å². The quantitative estimate of drug-likeness (QED) is 0.621. The number of carbonyl (C=O) groups is 1. The van der Waals surface area contributed by atoms with E-state index in [-0.39, 0.29) is 23.3 Å². The molecule has 0 bridgehead atoms. The fourth-order valence-corrected chi connectivity index (χ4v) is 4.35. The van der Waals surface area contributed by atoms with Gasteiger partial charge < -0.3 is 13.9 Å². The van der Waals surface area contributed by atoms with Gasteiger partial charge in [-0.3, -0.25) is 14.4 Å². The summed E-state index contributed by atoms with van der Waals surface area (Å²) in [6.45, 7) is 2.41. The van der Waals surface area contributed by atoms with E-state index in [0.29, 0.717) is 23.4 Å². The highest BCUT2D eigenvalue weighted by atomic mass is 16.5. The Morgan fingerprint density at radius 2 is 1.93 bits per heavy atom. The maximum atomic E-state index is 13.2. The molecule has 2 aliphatic rings. The van der Waals surface area contributed by atoms with E-state index in [9.17, 15) is 14.4 Å². The summed E-state index contributed by atoms with van der Waals surface area (Å²) in [7, 11) is 1.69. The second-order valence-corrected chi connectivity index (χ2v) is 7.32. The van der Waals surface area contributed by atoms with Crippen LogP contribution in [0.2, 0.25) is 0 Å². The van der Waals surface area contributed by atoms with Crippen LogP contribution in [-0.2, 0) is 24.8 Å². The molecule has 0 saturated carbocycles. The number of nitrogens with zero attached hydrogens (tertiary/aromatic N) is 2. The summed E-state index contributed by atoms with van der Waals surface area (Å²) in [6, 6.07) is 9.52. The molecule has 136 valence electrons. The number of hydrogen-bond donors (Lipinski definition) is 0. The van der Waals surface area contributed by atoms with Gasteiger partial charge in [-0.05, 0) is 30.4 Å². The van der Waals surface area contributed by atoms with Gasteiger partial charge in [0.15, 0.2) is 0 Å². The molecule has 0 radical (unpaired) electrons. The first kappa shape index (κ1) is 16.1. The summed E-state index contributed by atoms with van der Waals surface area (Å²) in [6.07, 6.45) is 0.812. The number of rotatable bonds is 1. The SMILES string of the molecule is Cc1cc2c(c(=O)n1C)[C@@H](c1cc3cccc4c3n(c1=O)CC4)CC(=O)O2. The molecular weight excluding hydrogens is 344 g/mol. The molecule has 1 atom stereocenters. The minimum Gasteiger partial charge on any atom is -0.426 e. The van der Waals surface area contributed by atoms with Crippen molar-refractivity contribution in [1.82, 2.24) is 9.13 Å². The Balaban J connectivity index is 1.82. The van der Waals surface area contributed by atoms with E-state index in [0.717, 1.165) is 22.9 Å². The maximum absolute atomic E-state index is 13.2. The standard InChI is InChI=1S/C21H18N2O4/c1-11-8-16-18(21(26)22(11)2)14(10-17(24)27-16)15-9-13-5-3-4-12-6-7-23(19(12)13)20(15)25/h3-5,8-9,14H,6-7,10H2,1-2H3/t14-/m1/s1. The zero-order valence-electron chi connectivity index (χ0n) is 15.1. The minimum atomic E-state index is -0.592. The van der Waals surface area contributed by atoms with Crippen molar-refractivity contribution in [1.29, 1.82) is 0 Å². The van der Waals surface area contributed by atoms with Gasteiger partial charge in [0, 0.05) is 36.8 Å². The van der Waals surface area contributed by atoms with Crippen molar-refractivity contribution in [3.05, 3.63) is 73.4 Å². The molecule has 0 N–H and O–H groups in total. The third-order valence-corrected chi connectivity index (χ3v) is 5.82. The van der Waals surface area contributed by atoms with Crippen LogP contribution < -0.4 is 15.9 Å². The molecule has 0 spiro atoms. The fourth-order valence-electron chi connectivity index (χ4n) is 4.35. The molecule has 2 aromatic heterocycles. The lowest BCUT2D eigenvalue weighted by Crippen LogP contribution is -2.35. The van der Waals surface area contributed by atoms with Crippen molar-refractivity contribution in [3.8, 4) is 5.75 Å².